The number of ether oxygens (including phenoxy) is 1. The molecule has 180 valence electrons. The Kier molecular flexibility index (Phi) is 7.80. The Morgan fingerprint density at radius 3 is 2.42 bits per heavy atom. The molecule has 1 N–H and O–H groups in total. The smallest absolute Gasteiger partial charge is 0.250 e. The van der Waals surface area contributed by atoms with Gasteiger partial charge in [-0.15, -0.1) is 10.2 Å². The molecule has 0 saturated carbocycles. The Morgan fingerprint density at radius 1 is 0.917 bits per heavy atom. The lowest BCUT2D eigenvalue weighted by Gasteiger charge is -2.08. The third kappa shape index (κ3) is 5.70. The molecule has 9 heteroatoms. The van der Waals surface area contributed by atoms with Gasteiger partial charge in [-0.05, 0) is 33.2 Å². The van der Waals surface area contributed by atoms with Crippen molar-refractivity contribution < 1.29 is 9.53 Å². The molecule has 0 saturated heterocycles. The molecule has 0 spiro atoms. The van der Waals surface area contributed by atoms with E-state index in [9.17, 15) is 4.79 Å². The van der Waals surface area contributed by atoms with Crippen molar-refractivity contribution in [3.63, 3.8) is 0 Å². The fraction of sp³-hybridized carbons (Fsp3) is 0.111. The maximum atomic E-state index is 12.3. The molecule has 0 aliphatic rings. The largest absolute Gasteiger partial charge is 0.496 e. The number of aromatic nitrogens is 2. The Hall–Kier alpha value is -3.40. The number of carbonyl (C=O) groups is 1. The number of carbonyl (C=O) groups excluding carboxylic acids is 1. The molecular formula is C27H22N4O2S3. The van der Waals surface area contributed by atoms with Crippen LogP contribution in [-0.4, -0.2) is 35.2 Å². The lowest BCUT2D eigenvalue weighted by atomic mass is 10.0. The summed E-state index contributed by atoms with van der Waals surface area (Å²) in [6, 6.07) is 26.6. The third-order valence-electron chi connectivity index (χ3n) is 5.48. The molecule has 4 aromatic carbocycles. The first-order chi connectivity index (χ1) is 17.7. The van der Waals surface area contributed by atoms with Gasteiger partial charge in [-0.25, -0.2) is 5.43 Å². The van der Waals surface area contributed by atoms with Gasteiger partial charge in [0.2, 0.25) is 0 Å². The van der Waals surface area contributed by atoms with E-state index in [4.69, 9.17) is 4.74 Å². The highest BCUT2D eigenvalue weighted by Gasteiger charge is 2.10. The highest BCUT2D eigenvalue weighted by molar-refractivity contribution is 8.03. The van der Waals surface area contributed by atoms with E-state index in [1.54, 1.807) is 25.1 Å². The zero-order valence-corrected chi connectivity index (χ0v) is 21.8. The van der Waals surface area contributed by atoms with Gasteiger partial charge in [0, 0.05) is 11.3 Å². The number of thioether (sulfide) groups is 2. The number of hydrogen-bond donors (Lipinski definition) is 1. The fourth-order valence-electron chi connectivity index (χ4n) is 3.79. The molecule has 0 aliphatic heterocycles. The van der Waals surface area contributed by atoms with Crippen LogP contribution in [0.5, 0.6) is 5.75 Å². The van der Waals surface area contributed by atoms with Gasteiger partial charge < -0.3 is 4.74 Å². The van der Waals surface area contributed by atoms with Gasteiger partial charge in [0.25, 0.3) is 5.91 Å². The van der Waals surface area contributed by atoms with Crippen molar-refractivity contribution in [2.24, 2.45) is 5.10 Å². The number of benzene rings is 4. The summed E-state index contributed by atoms with van der Waals surface area (Å²) in [4.78, 5) is 12.3. The zero-order chi connectivity index (χ0) is 24.7. The highest BCUT2D eigenvalue weighted by atomic mass is 32.2. The molecule has 5 rings (SSSR count). The molecular weight excluding hydrogens is 509 g/mol. The van der Waals surface area contributed by atoms with E-state index < -0.39 is 0 Å². The standard InChI is InChI=1S/C27H22N4O2S3/c1-33-24-14-13-19-8-3-5-12-22(19)23(24)15-28-29-25(32)17-35-27-31-30-26(36-27)34-16-20-10-6-9-18-7-2-4-11-21(18)20/h2-15H,16-17H2,1H3,(H,29,32). The number of hydrazone groups is 1. The van der Waals surface area contributed by atoms with Gasteiger partial charge >= 0.3 is 0 Å². The summed E-state index contributed by atoms with van der Waals surface area (Å²) in [6.45, 7) is 0. The van der Waals surface area contributed by atoms with Gasteiger partial charge in [-0.2, -0.15) is 5.10 Å². The van der Waals surface area contributed by atoms with E-state index in [1.165, 1.54) is 39.4 Å². The third-order valence-corrected chi connectivity index (χ3v) is 8.72. The second-order valence-corrected chi connectivity index (χ2v) is 11.2. The fourth-order valence-corrected chi connectivity index (χ4v) is 6.60. The first-order valence-electron chi connectivity index (χ1n) is 11.1. The monoisotopic (exact) mass is 530 g/mol. The minimum atomic E-state index is -0.212. The molecule has 1 heterocycles. The van der Waals surface area contributed by atoms with Gasteiger partial charge in [0.1, 0.15) is 5.75 Å². The highest BCUT2D eigenvalue weighted by Crippen LogP contribution is 2.32. The molecule has 36 heavy (non-hydrogen) atoms. The molecule has 1 aromatic heterocycles. The molecule has 0 aliphatic carbocycles. The summed E-state index contributed by atoms with van der Waals surface area (Å²) >= 11 is 4.50. The van der Waals surface area contributed by atoms with E-state index in [2.05, 4.69) is 63.2 Å². The average Bonchev–Trinajstić information content (AvgIpc) is 3.38. The normalized spacial score (nSPS) is 11.4. The summed E-state index contributed by atoms with van der Waals surface area (Å²) in [7, 11) is 1.62. The summed E-state index contributed by atoms with van der Waals surface area (Å²) in [5, 5.41) is 17.2. The summed E-state index contributed by atoms with van der Waals surface area (Å²) in [5.74, 6) is 1.50. The van der Waals surface area contributed by atoms with Crippen LogP contribution >= 0.6 is 34.9 Å². The van der Waals surface area contributed by atoms with E-state index >= 15 is 0 Å². The lowest BCUT2D eigenvalue weighted by molar-refractivity contribution is -0.118. The molecule has 6 nitrogen and oxygen atoms in total. The Balaban J connectivity index is 1.15. The predicted molar refractivity (Wildman–Crippen MR) is 150 cm³/mol. The number of nitrogens with one attached hydrogen (secondary N) is 1. The van der Waals surface area contributed by atoms with Crippen LogP contribution in [0, 0.1) is 0 Å². The number of amides is 1. The van der Waals surface area contributed by atoms with Crippen molar-refractivity contribution in [1.29, 1.82) is 0 Å². The predicted octanol–water partition coefficient (Wildman–Crippen LogP) is 6.39. The number of fused-ring (bicyclic) bond motifs is 2. The number of nitrogens with zero attached hydrogens (tertiary/aromatic N) is 3. The van der Waals surface area contributed by atoms with Crippen LogP contribution in [0.15, 0.2) is 92.6 Å². The van der Waals surface area contributed by atoms with Gasteiger partial charge in [0.05, 0.1) is 19.1 Å². The van der Waals surface area contributed by atoms with Crippen LogP contribution in [0.4, 0.5) is 0 Å². The summed E-state index contributed by atoms with van der Waals surface area (Å²) in [5.41, 5.74) is 4.68. The van der Waals surface area contributed by atoms with Crippen LogP contribution in [0.1, 0.15) is 11.1 Å². The SMILES string of the molecule is COc1ccc2ccccc2c1C=NNC(=O)CSc1nnc(SCc2cccc3ccccc23)s1. The van der Waals surface area contributed by atoms with Crippen LogP contribution in [0.3, 0.4) is 0 Å². The first kappa shape index (κ1) is 24.3. The first-order valence-corrected chi connectivity index (χ1v) is 13.9. The summed E-state index contributed by atoms with van der Waals surface area (Å²) < 4.78 is 7.10. The second kappa shape index (κ2) is 11.6. The minimum absolute atomic E-state index is 0.201. The van der Waals surface area contributed by atoms with E-state index in [-0.39, 0.29) is 11.7 Å². The molecule has 0 fully saturated rings. The van der Waals surface area contributed by atoms with Crippen molar-refractivity contribution in [3.8, 4) is 5.75 Å². The molecule has 0 radical (unpaired) electrons. The maximum Gasteiger partial charge on any atom is 0.250 e. The maximum absolute atomic E-state index is 12.3. The lowest BCUT2D eigenvalue weighted by Crippen LogP contribution is -2.19. The Labute approximate surface area is 221 Å². The second-order valence-electron chi connectivity index (χ2n) is 7.75. The molecule has 0 bridgehead atoms. The molecule has 0 atom stereocenters. The zero-order valence-electron chi connectivity index (χ0n) is 19.4. The minimum Gasteiger partial charge on any atom is -0.496 e. The average molecular weight is 531 g/mol. The van der Waals surface area contributed by atoms with E-state index in [0.717, 1.165) is 30.8 Å². The Bertz CT molecular complexity index is 1550. The van der Waals surface area contributed by atoms with Crippen LogP contribution in [0.2, 0.25) is 0 Å². The van der Waals surface area contributed by atoms with Crippen molar-refractivity contribution >= 4 is 68.5 Å². The van der Waals surface area contributed by atoms with E-state index in [0.29, 0.717) is 5.75 Å². The quantitative estimate of drug-likeness (QED) is 0.135. The van der Waals surface area contributed by atoms with Gasteiger partial charge in [-0.3, -0.25) is 4.79 Å². The van der Waals surface area contributed by atoms with Gasteiger partial charge in [-0.1, -0.05) is 108 Å². The van der Waals surface area contributed by atoms with Gasteiger partial charge in [0.15, 0.2) is 8.68 Å². The van der Waals surface area contributed by atoms with Crippen molar-refractivity contribution in [2.75, 3.05) is 12.9 Å². The van der Waals surface area contributed by atoms with Crippen molar-refractivity contribution in [1.82, 2.24) is 15.6 Å². The van der Waals surface area contributed by atoms with Crippen LogP contribution in [-0.2, 0) is 10.5 Å². The van der Waals surface area contributed by atoms with Crippen LogP contribution in [0.25, 0.3) is 21.5 Å². The molecule has 0 unspecified atom stereocenters. The number of methoxy groups -OCH3 is 1. The van der Waals surface area contributed by atoms with Crippen molar-refractivity contribution in [2.45, 2.75) is 14.4 Å². The number of hydrogen-bond acceptors (Lipinski definition) is 8. The number of rotatable bonds is 9. The molecule has 1 amide bonds. The topological polar surface area (TPSA) is 76.5 Å². The molecule has 5 aromatic rings. The van der Waals surface area contributed by atoms with Crippen LogP contribution < -0.4 is 10.2 Å². The van der Waals surface area contributed by atoms with Crippen molar-refractivity contribution in [3.05, 3.63) is 90.0 Å². The summed E-state index contributed by atoms with van der Waals surface area (Å²) in [6.07, 6.45) is 1.62. The van der Waals surface area contributed by atoms with E-state index in [1.807, 2.05) is 36.4 Å². The Morgan fingerprint density at radius 2 is 1.61 bits per heavy atom.